The van der Waals surface area contributed by atoms with Crippen LogP contribution in [0.5, 0.6) is 0 Å². The molecule has 9 heteroatoms. The molecule has 27 heavy (non-hydrogen) atoms. The van der Waals surface area contributed by atoms with E-state index in [1.807, 2.05) is 4.90 Å². The first kappa shape index (κ1) is 17.9. The number of fused-ring (bicyclic) bond motifs is 1. The number of aromatic nitrogens is 1. The summed E-state index contributed by atoms with van der Waals surface area (Å²) in [6, 6.07) is 8.18. The Morgan fingerprint density at radius 3 is 2.70 bits per heavy atom. The second-order valence-corrected chi connectivity index (χ2v) is 8.80. The van der Waals surface area contributed by atoms with Crippen LogP contribution < -0.4 is 9.62 Å². The summed E-state index contributed by atoms with van der Waals surface area (Å²) in [5.41, 5.74) is 2.08. The van der Waals surface area contributed by atoms with Crippen molar-refractivity contribution < 1.29 is 13.3 Å². The summed E-state index contributed by atoms with van der Waals surface area (Å²) in [5, 5.41) is 11.0. The molecule has 142 valence electrons. The number of anilines is 1. The SMILES string of the molecule is O=[N+]([O-])c1ccc2c(c1)CN(c1ccc(S(=O)(=O)NCC3CC3)cn1)CC2. The van der Waals surface area contributed by atoms with Gasteiger partial charge in [-0.25, -0.2) is 18.1 Å². The van der Waals surface area contributed by atoms with Gasteiger partial charge in [0.1, 0.15) is 10.7 Å². The Labute approximate surface area is 157 Å². The lowest BCUT2D eigenvalue weighted by Gasteiger charge is -2.29. The average Bonchev–Trinajstić information content (AvgIpc) is 3.50. The number of nitro groups is 1. The first-order chi connectivity index (χ1) is 12.9. The van der Waals surface area contributed by atoms with Crippen LogP contribution in [0, 0.1) is 16.0 Å². The first-order valence-corrected chi connectivity index (χ1v) is 10.4. The number of pyridine rings is 1. The van der Waals surface area contributed by atoms with E-state index < -0.39 is 14.9 Å². The Kier molecular flexibility index (Phi) is 4.56. The van der Waals surface area contributed by atoms with Crippen molar-refractivity contribution in [3.05, 3.63) is 57.8 Å². The number of non-ortho nitro benzene ring substituents is 1. The fourth-order valence-corrected chi connectivity index (χ4v) is 4.26. The largest absolute Gasteiger partial charge is 0.352 e. The van der Waals surface area contributed by atoms with Crippen molar-refractivity contribution in [2.45, 2.75) is 30.7 Å². The van der Waals surface area contributed by atoms with Crippen molar-refractivity contribution >= 4 is 21.5 Å². The highest BCUT2D eigenvalue weighted by Crippen LogP contribution is 2.29. The third kappa shape index (κ3) is 3.93. The van der Waals surface area contributed by atoms with Crippen molar-refractivity contribution in [1.29, 1.82) is 0 Å². The van der Waals surface area contributed by atoms with E-state index in [0.29, 0.717) is 24.8 Å². The van der Waals surface area contributed by atoms with E-state index in [2.05, 4.69) is 9.71 Å². The molecule has 4 rings (SSSR count). The predicted molar refractivity (Wildman–Crippen MR) is 100.0 cm³/mol. The van der Waals surface area contributed by atoms with E-state index in [4.69, 9.17) is 0 Å². The van der Waals surface area contributed by atoms with Gasteiger partial charge in [-0.05, 0) is 48.4 Å². The van der Waals surface area contributed by atoms with Crippen molar-refractivity contribution in [2.75, 3.05) is 18.0 Å². The normalized spacial score (nSPS) is 16.8. The Morgan fingerprint density at radius 1 is 1.22 bits per heavy atom. The summed E-state index contributed by atoms with van der Waals surface area (Å²) in [5.74, 6) is 1.12. The summed E-state index contributed by atoms with van der Waals surface area (Å²) in [6.07, 6.45) is 4.29. The fourth-order valence-electron chi connectivity index (χ4n) is 3.20. The standard InChI is InChI=1S/C18H20N4O4S/c23-22(24)16-4-3-14-7-8-21(12-15(14)9-16)18-6-5-17(11-19-18)27(25,26)20-10-13-1-2-13/h3-6,9,11,13,20H,1-2,7-8,10,12H2. The summed E-state index contributed by atoms with van der Waals surface area (Å²) < 4.78 is 27.2. The minimum Gasteiger partial charge on any atom is -0.352 e. The van der Waals surface area contributed by atoms with Crippen LogP contribution in [0.2, 0.25) is 0 Å². The number of nitro benzene ring substituents is 1. The Bertz CT molecular complexity index is 971. The van der Waals surface area contributed by atoms with Crippen molar-refractivity contribution in [1.82, 2.24) is 9.71 Å². The molecule has 1 fully saturated rings. The van der Waals surface area contributed by atoms with E-state index in [0.717, 1.165) is 36.9 Å². The molecule has 0 saturated heterocycles. The Morgan fingerprint density at radius 2 is 2.04 bits per heavy atom. The van der Waals surface area contributed by atoms with Crippen LogP contribution in [0.4, 0.5) is 11.5 Å². The van der Waals surface area contributed by atoms with Crippen molar-refractivity contribution in [3.8, 4) is 0 Å². The van der Waals surface area contributed by atoms with Gasteiger partial charge >= 0.3 is 0 Å². The van der Waals surface area contributed by atoms with E-state index in [1.165, 1.54) is 12.3 Å². The molecular weight excluding hydrogens is 368 g/mol. The minimum absolute atomic E-state index is 0.0757. The molecule has 0 unspecified atom stereocenters. The minimum atomic E-state index is -3.53. The van der Waals surface area contributed by atoms with Crippen LogP contribution in [-0.2, 0) is 23.0 Å². The van der Waals surface area contributed by atoms with Gasteiger partial charge in [0.15, 0.2) is 0 Å². The molecule has 1 aliphatic carbocycles. The second-order valence-electron chi connectivity index (χ2n) is 7.03. The molecule has 2 aromatic rings. The molecule has 0 bridgehead atoms. The fraction of sp³-hybridized carbons (Fsp3) is 0.389. The molecule has 8 nitrogen and oxygen atoms in total. The van der Waals surface area contributed by atoms with E-state index in [1.54, 1.807) is 24.3 Å². The number of sulfonamides is 1. The lowest BCUT2D eigenvalue weighted by atomic mass is 9.99. The molecule has 1 saturated carbocycles. The van der Waals surface area contributed by atoms with Crippen molar-refractivity contribution in [2.24, 2.45) is 5.92 Å². The number of nitrogens with one attached hydrogen (secondary N) is 1. The average molecular weight is 388 g/mol. The van der Waals surface area contributed by atoms with Crippen LogP contribution in [-0.4, -0.2) is 31.4 Å². The zero-order valence-electron chi connectivity index (χ0n) is 14.7. The van der Waals surface area contributed by atoms with Gasteiger partial charge < -0.3 is 4.90 Å². The van der Waals surface area contributed by atoms with Crippen LogP contribution >= 0.6 is 0 Å². The summed E-state index contributed by atoms with van der Waals surface area (Å²) >= 11 is 0. The number of nitrogens with zero attached hydrogens (tertiary/aromatic N) is 3. The number of hydrogen-bond donors (Lipinski definition) is 1. The number of hydrogen-bond acceptors (Lipinski definition) is 6. The quantitative estimate of drug-likeness (QED) is 0.601. The molecular formula is C18H20N4O4S. The van der Waals surface area contributed by atoms with Gasteiger partial charge in [0.2, 0.25) is 10.0 Å². The third-order valence-corrected chi connectivity index (χ3v) is 6.44. The predicted octanol–water partition coefficient (Wildman–Crippen LogP) is 2.24. The Hall–Kier alpha value is -2.52. The first-order valence-electron chi connectivity index (χ1n) is 8.89. The lowest BCUT2D eigenvalue weighted by molar-refractivity contribution is -0.384. The van der Waals surface area contributed by atoms with Crippen molar-refractivity contribution in [3.63, 3.8) is 0 Å². The van der Waals surface area contributed by atoms with Gasteiger partial charge in [0.05, 0.1) is 4.92 Å². The van der Waals surface area contributed by atoms with Gasteiger partial charge in [-0.15, -0.1) is 0 Å². The van der Waals surface area contributed by atoms with Crippen LogP contribution in [0.1, 0.15) is 24.0 Å². The lowest BCUT2D eigenvalue weighted by Crippen LogP contribution is -2.31. The maximum atomic E-state index is 12.3. The highest BCUT2D eigenvalue weighted by Gasteiger charge is 2.25. The molecule has 1 aromatic carbocycles. The molecule has 1 aliphatic heterocycles. The number of rotatable bonds is 6. The zero-order chi connectivity index (χ0) is 19.0. The van der Waals surface area contributed by atoms with Gasteiger partial charge in [-0.2, -0.15) is 0 Å². The van der Waals surface area contributed by atoms with Crippen LogP contribution in [0.25, 0.3) is 0 Å². The monoisotopic (exact) mass is 388 g/mol. The zero-order valence-corrected chi connectivity index (χ0v) is 15.5. The molecule has 2 heterocycles. The number of benzene rings is 1. The molecule has 0 radical (unpaired) electrons. The third-order valence-electron chi connectivity index (χ3n) is 5.03. The van der Waals surface area contributed by atoms with Gasteiger partial charge in [0.25, 0.3) is 5.69 Å². The molecule has 1 aromatic heterocycles. The highest BCUT2D eigenvalue weighted by atomic mass is 32.2. The molecule has 1 N–H and O–H groups in total. The van der Waals surface area contributed by atoms with Gasteiger partial charge in [-0.3, -0.25) is 10.1 Å². The maximum Gasteiger partial charge on any atom is 0.269 e. The summed E-state index contributed by atoms with van der Waals surface area (Å²) in [6.45, 7) is 1.71. The van der Waals surface area contributed by atoms with E-state index in [9.17, 15) is 18.5 Å². The van der Waals surface area contributed by atoms with Gasteiger partial charge in [-0.1, -0.05) is 6.07 Å². The molecule has 0 spiro atoms. The molecule has 0 amide bonds. The molecule has 0 atom stereocenters. The summed E-state index contributed by atoms with van der Waals surface area (Å²) in [7, 11) is -3.53. The molecule has 2 aliphatic rings. The maximum absolute atomic E-state index is 12.3. The van der Waals surface area contributed by atoms with E-state index >= 15 is 0 Å². The topological polar surface area (TPSA) is 105 Å². The Balaban J connectivity index is 1.49. The van der Waals surface area contributed by atoms with E-state index in [-0.39, 0.29) is 10.6 Å². The smallest absolute Gasteiger partial charge is 0.269 e. The van der Waals surface area contributed by atoms with Crippen LogP contribution in [0.15, 0.2) is 41.4 Å². The second kappa shape index (κ2) is 6.90. The van der Waals surface area contributed by atoms with Crippen LogP contribution in [0.3, 0.4) is 0 Å². The highest BCUT2D eigenvalue weighted by molar-refractivity contribution is 7.89. The van der Waals surface area contributed by atoms with Gasteiger partial charge in [0, 0.05) is 38.0 Å². The summed E-state index contributed by atoms with van der Waals surface area (Å²) in [4.78, 5) is 17.1.